The first kappa shape index (κ1) is 12.6. The van der Waals surface area contributed by atoms with Gasteiger partial charge in [0.1, 0.15) is 18.0 Å². The average molecular weight is 261 g/mol. The SMILES string of the molecule is SCCNc1cc(NCc2ccccn2)ncn1. The lowest BCUT2D eigenvalue weighted by atomic mass is 10.3. The van der Waals surface area contributed by atoms with Gasteiger partial charge in [0.05, 0.1) is 12.2 Å². The Hall–Kier alpha value is -1.82. The van der Waals surface area contributed by atoms with Crippen LogP contribution >= 0.6 is 12.6 Å². The third-order valence-electron chi connectivity index (χ3n) is 2.26. The number of hydrogen-bond acceptors (Lipinski definition) is 6. The molecule has 2 aromatic rings. The van der Waals surface area contributed by atoms with Gasteiger partial charge >= 0.3 is 0 Å². The monoisotopic (exact) mass is 261 g/mol. The summed E-state index contributed by atoms with van der Waals surface area (Å²) < 4.78 is 0. The lowest BCUT2D eigenvalue weighted by molar-refractivity contribution is 1.02. The average Bonchev–Trinajstić information content (AvgIpc) is 2.44. The molecule has 0 spiro atoms. The maximum atomic E-state index is 4.23. The molecule has 2 heterocycles. The van der Waals surface area contributed by atoms with Gasteiger partial charge in [0.15, 0.2) is 0 Å². The fraction of sp³-hybridized carbons (Fsp3) is 0.250. The van der Waals surface area contributed by atoms with Crippen molar-refractivity contribution in [2.45, 2.75) is 6.54 Å². The molecular formula is C12H15N5S. The Morgan fingerprint density at radius 1 is 1.06 bits per heavy atom. The van der Waals surface area contributed by atoms with Gasteiger partial charge in [-0.2, -0.15) is 12.6 Å². The number of thiol groups is 1. The minimum Gasteiger partial charge on any atom is -0.369 e. The maximum absolute atomic E-state index is 4.23. The van der Waals surface area contributed by atoms with E-state index in [0.717, 1.165) is 29.6 Å². The Morgan fingerprint density at radius 3 is 2.61 bits per heavy atom. The summed E-state index contributed by atoms with van der Waals surface area (Å²) in [6.07, 6.45) is 3.30. The van der Waals surface area contributed by atoms with Gasteiger partial charge in [0.2, 0.25) is 0 Å². The quantitative estimate of drug-likeness (QED) is 0.692. The standard InChI is InChI=1S/C12H15N5S/c18-6-5-14-11-7-12(17-9-16-11)15-8-10-3-1-2-4-13-10/h1-4,7,9,18H,5-6,8H2,(H2,14,15,16,17). The van der Waals surface area contributed by atoms with Gasteiger partial charge in [-0.15, -0.1) is 0 Å². The van der Waals surface area contributed by atoms with E-state index in [9.17, 15) is 0 Å². The molecular weight excluding hydrogens is 246 g/mol. The summed E-state index contributed by atoms with van der Waals surface area (Å²) in [5.74, 6) is 2.33. The Balaban J connectivity index is 1.93. The Labute approximate surface area is 111 Å². The summed E-state index contributed by atoms with van der Waals surface area (Å²) in [7, 11) is 0. The van der Waals surface area contributed by atoms with E-state index in [4.69, 9.17) is 0 Å². The molecule has 0 unspecified atom stereocenters. The minimum absolute atomic E-state index is 0.643. The fourth-order valence-electron chi connectivity index (χ4n) is 1.42. The molecule has 0 aliphatic heterocycles. The van der Waals surface area contributed by atoms with Gasteiger partial charge in [-0.25, -0.2) is 9.97 Å². The molecule has 0 radical (unpaired) electrons. The highest BCUT2D eigenvalue weighted by Gasteiger charge is 1.98. The highest BCUT2D eigenvalue weighted by atomic mass is 32.1. The first-order valence-corrected chi connectivity index (χ1v) is 6.32. The smallest absolute Gasteiger partial charge is 0.131 e. The first-order chi connectivity index (χ1) is 8.88. The molecule has 18 heavy (non-hydrogen) atoms. The van der Waals surface area contributed by atoms with Crippen LogP contribution in [0.1, 0.15) is 5.69 Å². The van der Waals surface area contributed by atoms with E-state index in [2.05, 4.69) is 38.2 Å². The molecule has 0 atom stereocenters. The number of aromatic nitrogens is 3. The molecule has 0 saturated heterocycles. The summed E-state index contributed by atoms with van der Waals surface area (Å²) in [5.41, 5.74) is 0.973. The van der Waals surface area contributed by atoms with Crippen LogP contribution < -0.4 is 10.6 Å². The molecule has 94 valence electrons. The summed E-state index contributed by atoms with van der Waals surface area (Å²) >= 11 is 4.14. The molecule has 0 saturated carbocycles. The zero-order valence-corrected chi connectivity index (χ0v) is 10.8. The van der Waals surface area contributed by atoms with Crippen LogP contribution in [-0.2, 0) is 6.54 Å². The van der Waals surface area contributed by atoms with Crippen LogP contribution in [0.5, 0.6) is 0 Å². The van der Waals surface area contributed by atoms with Crippen LogP contribution in [0.2, 0.25) is 0 Å². The molecule has 0 aromatic carbocycles. The van der Waals surface area contributed by atoms with Crippen molar-refractivity contribution in [3.63, 3.8) is 0 Å². The fourth-order valence-corrected chi connectivity index (χ4v) is 1.53. The second-order valence-electron chi connectivity index (χ2n) is 3.61. The van der Waals surface area contributed by atoms with E-state index in [1.54, 1.807) is 6.20 Å². The van der Waals surface area contributed by atoms with Gasteiger partial charge in [-0.05, 0) is 12.1 Å². The van der Waals surface area contributed by atoms with E-state index in [1.807, 2.05) is 24.3 Å². The number of nitrogens with one attached hydrogen (secondary N) is 2. The molecule has 2 aromatic heterocycles. The Morgan fingerprint density at radius 2 is 1.89 bits per heavy atom. The zero-order valence-electron chi connectivity index (χ0n) is 9.87. The molecule has 0 fully saturated rings. The Kier molecular flexibility index (Phi) is 4.78. The molecule has 0 bridgehead atoms. The first-order valence-electron chi connectivity index (χ1n) is 5.69. The van der Waals surface area contributed by atoms with E-state index in [0.29, 0.717) is 6.54 Å². The molecule has 0 amide bonds. The highest BCUT2D eigenvalue weighted by molar-refractivity contribution is 7.80. The molecule has 2 rings (SSSR count). The molecule has 0 aliphatic carbocycles. The number of hydrogen-bond donors (Lipinski definition) is 3. The van der Waals surface area contributed by atoms with Crippen molar-refractivity contribution in [2.24, 2.45) is 0 Å². The van der Waals surface area contributed by atoms with Gasteiger partial charge < -0.3 is 10.6 Å². The normalized spacial score (nSPS) is 10.1. The third kappa shape index (κ3) is 3.89. The summed E-state index contributed by atoms with van der Waals surface area (Å²) in [5, 5.41) is 6.35. The lowest BCUT2D eigenvalue weighted by Crippen LogP contribution is -2.07. The Bertz CT molecular complexity index is 477. The number of pyridine rings is 1. The van der Waals surface area contributed by atoms with Gasteiger partial charge in [-0.3, -0.25) is 4.98 Å². The number of nitrogens with zero attached hydrogens (tertiary/aromatic N) is 3. The van der Waals surface area contributed by atoms with Crippen LogP contribution in [0.15, 0.2) is 36.8 Å². The topological polar surface area (TPSA) is 62.7 Å². The maximum Gasteiger partial charge on any atom is 0.131 e. The van der Waals surface area contributed by atoms with Gasteiger partial charge in [0, 0.05) is 24.6 Å². The van der Waals surface area contributed by atoms with Crippen LogP contribution in [-0.4, -0.2) is 27.2 Å². The van der Waals surface area contributed by atoms with Crippen molar-refractivity contribution < 1.29 is 0 Å². The number of rotatable bonds is 6. The van der Waals surface area contributed by atoms with E-state index in [-0.39, 0.29) is 0 Å². The van der Waals surface area contributed by atoms with Gasteiger partial charge in [-0.1, -0.05) is 6.07 Å². The second-order valence-corrected chi connectivity index (χ2v) is 4.06. The van der Waals surface area contributed by atoms with Crippen molar-refractivity contribution in [3.8, 4) is 0 Å². The molecule has 6 heteroatoms. The van der Waals surface area contributed by atoms with Crippen molar-refractivity contribution in [1.29, 1.82) is 0 Å². The minimum atomic E-state index is 0.643. The van der Waals surface area contributed by atoms with E-state index < -0.39 is 0 Å². The zero-order chi connectivity index (χ0) is 12.6. The molecule has 0 aliphatic rings. The van der Waals surface area contributed by atoms with Crippen molar-refractivity contribution in [1.82, 2.24) is 15.0 Å². The van der Waals surface area contributed by atoms with Gasteiger partial charge in [0.25, 0.3) is 0 Å². The molecule has 2 N–H and O–H groups in total. The lowest BCUT2D eigenvalue weighted by Gasteiger charge is -2.07. The van der Waals surface area contributed by atoms with Crippen LogP contribution in [0.3, 0.4) is 0 Å². The highest BCUT2D eigenvalue weighted by Crippen LogP contribution is 2.09. The number of anilines is 2. The largest absolute Gasteiger partial charge is 0.369 e. The van der Waals surface area contributed by atoms with Crippen molar-refractivity contribution in [3.05, 3.63) is 42.5 Å². The summed E-state index contributed by atoms with van der Waals surface area (Å²) in [4.78, 5) is 12.5. The summed E-state index contributed by atoms with van der Waals surface area (Å²) in [6, 6.07) is 7.69. The van der Waals surface area contributed by atoms with Crippen LogP contribution in [0.25, 0.3) is 0 Å². The van der Waals surface area contributed by atoms with Crippen LogP contribution in [0.4, 0.5) is 11.6 Å². The van der Waals surface area contributed by atoms with Crippen molar-refractivity contribution in [2.75, 3.05) is 22.9 Å². The van der Waals surface area contributed by atoms with E-state index in [1.165, 1.54) is 6.33 Å². The summed E-state index contributed by atoms with van der Waals surface area (Å²) in [6.45, 7) is 1.42. The van der Waals surface area contributed by atoms with Crippen LogP contribution in [0, 0.1) is 0 Å². The predicted octanol–water partition coefficient (Wildman–Crippen LogP) is 1.83. The second kappa shape index (κ2) is 6.80. The van der Waals surface area contributed by atoms with E-state index >= 15 is 0 Å². The predicted molar refractivity (Wildman–Crippen MR) is 75.9 cm³/mol. The molecule has 5 nitrogen and oxygen atoms in total. The third-order valence-corrected chi connectivity index (χ3v) is 2.49. The van der Waals surface area contributed by atoms with Crippen molar-refractivity contribution >= 4 is 24.3 Å².